The van der Waals surface area contributed by atoms with E-state index in [9.17, 15) is 10.5 Å². The maximum absolute atomic E-state index is 9.33. The van der Waals surface area contributed by atoms with Crippen LogP contribution in [0.4, 0.5) is 0 Å². The van der Waals surface area contributed by atoms with Crippen LogP contribution in [0.15, 0.2) is 48.5 Å². The molecule has 0 aliphatic heterocycles. The van der Waals surface area contributed by atoms with E-state index in [1.54, 1.807) is 31.4 Å². The van der Waals surface area contributed by atoms with Gasteiger partial charge in [0.2, 0.25) is 0 Å². The van der Waals surface area contributed by atoms with Crippen LogP contribution in [0.5, 0.6) is 17.2 Å². The Bertz CT molecular complexity index is 1050. The fraction of sp³-hybridized carbons (Fsp3) is 0.143. The van der Waals surface area contributed by atoms with E-state index < -0.39 is 0 Å². The van der Waals surface area contributed by atoms with Gasteiger partial charge < -0.3 is 14.2 Å². The molecule has 3 aromatic carbocycles. The number of rotatable bonds is 5. The third-order valence-corrected chi connectivity index (χ3v) is 4.07. The fourth-order valence-corrected chi connectivity index (χ4v) is 2.82. The van der Waals surface area contributed by atoms with Crippen molar-refractivity contribution >= 4 is 10.8 Å². The topological polar surface area (TPSA) is 75.3 Å². The molecule has 0 bridgehead atoms. The van der Waals surface area contributed by atoms with Crippen molar-refractivity contribution in [2.24, 2.45) is 0 Å². The third-order valence-electron chi connectivity index (χ3n) is 4.07. The summed E-state index contributed by atoms with van der Waals surface area (Å²) in [4.78, 5) is 0. The van der Waals surface area contributed by atoms with Crippen LogP contribution < -0.4 is 14.2 Å². The highest BCUT2D eigenvalue weighted by molar-refractivity contribution is 5.91. The first-order valence-electron chi connectivity index (χ1n) is 7.91. The van der Waals surface area contributed by atoms with E-state index in [0.717, 1.165) is 16.3 Å². The second-order valence-corrected chi connectivity index (χ2v) is 5.55. The van der Waals surface area contributed by atoms with Gasteiger partial charge in [0.25, 0.3) is 0 Å². The molecule has 0 aliphatic rings. The average molecular weight is 344 g/mol. The summed E-state index contributed by atoms with van der Waals surface area (Å²) in [6.07, 6.45) is 0. The standard InChI is InChI=1S/C21H16N2O3/c1-24-19-4-3-5-20(18(19)12-23)26-13-14-6-9-17-15(10-14)7-8-16(11-22)21(17)25-2/h3-10H,13H2,1-2H3. The zero-order valence-corrected chi connectivity index (χ0v) is 14.4. The van der Waals surface area contributed by atoms with Gasteiger partial charge in [-0.1, -0.05) is 24.3 Å². The molecule has 0 aromatic heterocycles. The summed E-state index contributed by atoms with van der Waals surface area (Å²) in [5.41, 5.74) is 1.81. The molecule has 0 N–H and O–H groups in total. The van der Waals surface area contributed by atoms with Gasteiger partial charge >= 0.3 is 0 Å². The largest absolute Gasteiger partial charge is 0.495 e. The second-order valence-electron chi connectivity index (χ2n) is 5.55. The van der Waals surface area contributed by atoms with Crippen LogP contribution in [0, 0.1) is 22.7 Å². The van der Waals surface area contributed by atoms with E-state index >= 15 is 0 Å². The molecule has 0 aliphatic carbocycles. The molecule has 0 saturated heterocycles. The van der Waals surface area contributed by atoms with Gasteiger partial charge in [0, 0.05) is 5.39 Å². The third kappa shape index (κ3) is 3.11. The minimum Gasteiger partial charge on any atom is -0.495 e. The number of hydrogen-bond acceptors (Lipinski definition) is 5. The molecular formula is C21H16N2O3. The second kappa shape index (κ2) is 7.46. The summed E-state index contributed by atoms with van der Waals surface area (Å²) in [5, 5.41) is 20.3. The molecule has 3 rings (SSSR count). The Kier molecular flexibility index (Phi) is 4.92. The van der Waals surface area contributed by atoms with Crippen molar-refractivity contribution < 1.29 is 14.2 Å². The maximum Gasteiger partial charge on any atom is 0.144 e. The van der Waals surface area contributed by atoms with Crippen molar-refractivity contribution in [1.82, 2.24) is 0 Å². The van der Waals surface area contributed by atoms with Crippen molar-refractivity contribution in [2.45, 2.75) is 6.61 Å². The van der Waals surface area contributed by atoms with Crippen LogP contribution in [0.3, 0.4) is 0 Å². The Morgan fingerprint density at radius 3 is 2.38 bits per heavy atom. The molecule has 5 heteroatoms. The number of benzene rings is 3. The monoisotopic (exact) mass is 344 g/mol. The maximum atomic E-state index is 9.33. The lowest BCUT2D eigenvalue weighted by Crippen LogP contribution is -1.99. The Labute approximate surface area is 151 Å². The summed E-state index contributed by atoms with van der Waals surface area (Å²) in [6, 6.07) is 18.9. The lowest BCUT2D eigenvalue weighted by atomic mass is 10.0. The van der Waals surface area contributed by atoms with Crippen LogP contribution in [0.25, 0.3) is 10.8 Å². The average Bonchev–Trinajstić information content (AvgIpc) is 2.70. The Morgan fingerprint density at radius 2 is 1.69 bits per heavy atom. The first-order chi connectivity index (χ1) is 12.7. The van der Waals surface area contributed by atoms with Crippen molar-refractivity contribution in [3.63, 3.8) is 0 Å². The van der Waals surface area contributed by atoms with Crippen LogP contribution in [-0.2, 0) is 6.61 Å². The van der Waals surface area contributed by atoms with E-state index in [2.05, 4.69) is 12.1 Å². The van der Waals surface area contributed by atoms with Crippen molar-refractivity contribution in [3.05, 3.63) is 65.2 Å². The van der Waals surface area contributed by atoms with Crippen LogP contribution in [0.1, 0.15) is 16.7 Å². The van der Waals surface area contributed by atoms with Crippen molar-refractivity contribution in [2.75, 3.05) is 14.2 Å². The summed E-state index contributed by atoms with van der Waals surface area (Å²) >= 11 is 0. The summed E-state index contributed by atoms with van der Waals surface area (Å²) in [5.74, 6) is 1.53. The zero-order valence-electron chi connectivity index (χ0n) is 14.4. The zero-order chi connectivity index (χ0) is 18.5. The molecule has 0 heterocycles. The Hall–Kier alpha value is -3.70. The van der Waals surface area contributed by atoms with Crippen LogP contribution >= 0.6 is 0 Å². The molecule has 0 saturated carbocycles. The van der Waals surface area contributed by atoms with E-state index in [-0.39, 0.29) is 0 Å². The first-order valence-corrected chi connectivity index (χ1v) is 7.91. The Balaban J connectivity index is 1.90. The van der Waals surface area contributed by atoms with Crippen molar-refractivity contribution in [3.8, 4) is 29.4 Å². The van der Waals surface area contributed by atoms with Gasteiger partial charge in [0.1, 0.15) is 41.6 Å². The van der Waals surface area contributed by atoms with Gasteiger partial charge in [-0.25, -0.2) is 0 Å². The molecule has 3 aromatic rings. The molecule has 0 radical (unpaired) electrons. The summed E-state index contributed by atoms with van der Waals surface area (Å²) in [6.45, 7) is 0.306. The molecule has 0 amide bonds. The highest BCUT2D eigenvalue weighted by Crippen LogP contribution is 2.31. The minimum atomic E-state index is 0.306. The Morgan fingerprint density at radius 1 is 0.885 bits per heavy atom. The number of methoxy groups -OCH3 is 2. The predicted molar refractivity (Wildman–Crippen MR) is 97.3 cm³/mol. The summed E-state index contributed by atoms with van der Waals surface area (Å²) in [7, 11) is 3.07. The van der Waals surface area contributed by atoms with Gasteiger partial charge in [-0.05, 0) is 35.2 Å². The highest BCUT2D eigenvalue weighted by atomic mass is 16.5. The number of nitriles is 2. The molecule has 128 valence electrons. The van der Waals surface area contributed by atoms with Gasteiger partial charge in [-0.3, -0.25) is 0 Å². The van der Waals surface area contributed by atoms with E-state index in [4.69, 9.17) is 14.2 Å². The quantitative estimate of drug-likeness (QED) is 0.694. The number of hydrogen-bond donors (Lipinski definition) is 0. The molecule has 0 unspecified atom stereocenters. The van der Waals surface area contributed by atoms with Crippen LogP contribution in [0.2, 0.25) is 0 Å². The predicted octanol–water partition coefficient (Wildman–Crippen LogP) is 4.18. The van der Waals surface area contributed by atoms with Gasteiger partial charge in [-0.2, -0.15) is 10.5 Å². The van der Waals surface area contributed by atoms with Crippen LogP contribution in [-0.4, -0.2) is 14.2 Å². The molecular weight excluding hydrogens is 328 g/mol. The molecule has 0 fully saturated rings. The number of nitrogens with zero attached hydrogens (tertiary/aromatic N) is 2. The minimum absolute atomic E-state index is 0.306. The van der Waals surface area contributed by atoms with E-state index in [1.807, 2.05) is 24.3 Å². The smallest absolute Gasteiger partial charge is 0.144 e. The summed E-state index contributed by atoms with van der Waals surface area (Å²) < 4.78 is 16.4. The highest BCUT2D eigenvalue weighted by Gasteiger charge is 2.11. The van der Waals surface area contributed by atoms with E-state index in [1.165, 1.54) is 7.11 Å². The van der Waals surface area contributed by atoms with Gasteiger partial charge in [0.15, 0.2) is 0 Å². The van der Waals surface area contributed by atoms with Crippen molar-refractivity contribution in [1.29, 1.82) is 10.5 Å². The molecule has 0 atom stereocenters. The molecule has 26 heavy (non-hydrogen) atoms. The van der Waals surface area contributed by atoms with Gasteiger partial charge in [-0.15, -0.1) is 0 Å². The normalized spacial score (nSPS) is 10.0. The molecule has 0 spiro atoms. The number of ether oxygens (including phenoxy) is 3. The SMILES string of the molecule is COc1cccc(OCc2ccc3c(OC)c(C#N)ccc3c2)c1C#N. The number of fused-ring (bicyclic) bond motifs is 1. The lowest BCUT2D eigenvalue weighted by Gasteiger charge is -2.12. The molecule has 5 nitrogen and oxygen atoms in total. The fourth-order valence-electron chi connectivity index (χ4n) is 2.82. The lowest BCUT2D eigenvalue weighted by molar-refractivity contribution is 0.302. The van der Waals surface area contributed by atoms with Gasteiger partial charge in [0.05, 0.1) is 19.8 Å². The first kappa shape index (κ1) is 17.1. The van der Waals surface area contributed by atoms with E-state index in [0.29, 0.717) is 35.0 Å².